The fourth-order valence-corrected chi connectivity index (χ4v) is 1.73. The van der Waals surface area contributed by atoms with Crippen LogP contribution in [0.1, 0.15) is 5.69 Å². The topological polar surface area (TPSA) is 50.7 Å². The van der Waals surface area contributed by atoms with Crippen molar-refractivity contribution in [1.82, 2.24) is 15.2 Å². The summed E-state index contributed by atoms with van der Waals surface area (Å²) in [6.45, 7) is 0.457. The molecule has 0 atom stereocenters. The Hall–Kier alpha value is -1.10. The van der Waals surface area contributed by atoms with Crippen LogP contribution in [0.3, 0.4) is 0 Å². The van der Waals surface area contributed by atoms with E-state index in [0.717, 1.165) is 5.69 Å². The van der Waals surface area contributed by atoms with E-state index in [-0.39, 0.29) is 5.15 Å². The van der Waals surface area contributed by atoms with Gasteiger partial charge in [0, 0.05) is 6.20 Å². The Morgan fingerprint density at radius 1 is 1.18 bits per heavy atom. The quantitative estimate of drug-likeness (QED) is 0.879. The van der Waals surface area contributed by atoms with Crippen LogP contribution in [0.25, 0.3) is 0 Å². The molecular formula is C10H7Cl3N4. The van der Waals surface area contributed by atoms with Gasteiger partial charge in [0.2, 0.25) is 0 Å². The fraction of sp³-hybridized carbons (Fsp3) is 0.100. The molecule has 0 aliphatic carbocycles. The number of hydrogen-bond acceptors (Lipinski definition) is 4. The summed E-state index contributed by atoms with van der Waals surface area (Å²) < 4.78 is 0. The lowest BCUT2D eigenvalue weighted by atomic mass is 10.4. The van der Waals surface area contributed by atoms with Crippen LogP contribution in [-0.4, -0.2) is 15.2 Å². The summed E-state index contributed by atoms with van der Waals surface area (Å²) in [5, 5.41) is 11.6. The minimum Gasteiger partial charge on any atom is -0.363 e. The molecule has 0 fully saturated rings. The molecule has 1 N–H and O–H groups in total. The first-order valence-electron chi connectivity index (χ1n) is 4.69. The first-order chi connectivity index (χ1) is 8.16. The number of hydrogen-bond donors (Lipinski definition) is 1. The van der Waals surface area contributed by atoms with E-state index in [2.05, 4.69) is 20.5 Å². The second kappa shape index (κ2) is 5.49. The van der Waals surface area contributed by atoms with Gasteiger partial charge in [-0.15, -0.1) is 0 Å². The average Bonchev–Trinajstić information content (AvgIpc) is 2.33. The number of aromatic nitrogens is 3. The van der Waals surface area contributed by atoms with Gasteiger partial charge < -0.3 is 5.32 Å². The summed E-state index contributed by atoms with van der Waals surface area (Å²) >= 11 is 17.5. The minimum atomic E-state index is 0.206. The number of nitrogens with zero attached hydrogens (tertiary/aromatic N) is 3. The van der Waals surface area contributed by atoms with Crippen molar-refractivity contribution < 1.29 is 0 Å². The van der Waals surface area contributed by atoms with E-state index < -0.39 is 0 Å². The molecule has 2 rings (SSSR count). The van der Waals surface area contributed by atoms with Crippen LogP contribution < -0.4 is 5.32 Å². The highest BCUT2D eigenvalue weighted by atomic mass is 35.5. The largest absolute Gasteiger partial charge is 0.363 e. The normalized spacial score (nSPS) is 10.3. The van der Waals surface area contributed by atoms with Gasteiger partial charge in [-0.1, -0.05) is 34.8 Å². The second-order valence-corrected chi connectivity index (χ2v) is 4.33. The zero-order valence-electron chi connectivity index (χ0n) is 8.49. The van der Waals surface area contributed by atoms with Crippen LogP contribution >= 0.6 is 34.8 Å². The summed E-state index contributed by atoms with van der Waals surface area (Å²) in [6.07, 6.45) is 1.61. The van der Waals surface area contributed by atoms with E-state index in [9.17, 15) is 0 Å². The molecule has 17 heavy (non-hydrogen) atoms. The van der Waals surface area contributed by atoms with Gasteiger partial charge in [0.05, 0.1) is 22.3 Å². The van der Waals surface area contributed by atoms with Gasteiger partial charge in [0.25, 0.3) is 0 Å². The highest BCUT2D eigenvalue weighted by Gasteiger charge is 2.07. The van der Waals surface area contributed by atoms with Crippen LogP contribution in [0.4, 0.5) is 5.82 Å². The first kappa shape index (κ1) is 12.4. The standard InChI is InChI=1S/C10H7Cl3N4/c11-7-4-8(12)10(16-9(7)13)14-5-6-2-1-3-15-17-6/h1-4H,5H2,(H,14,16). The second-order valence-electron chi connectivity index (χ2n) is 3.16. The highest BCUT2D eigenvalue weighted by Crippen LogP contribution is 2.28. The molecule has 0 aromatic carbocycles. The molecule has 2 aromatic heterocycles. The maximum absolute atomic E-state index is 5.96. The third kappa shape index (κ3) is 3.19. The van der Waals surface area contributed by atoms with Gasteiger partial charge in [0.15, 0.2) is 0 Å². The molecule has 0 aliphatic heterocycles. The maximum atomic E-state index is 5.96. The average molecular weight is 290 g/mol. The molecule has 0 saturated carbocycles. The Balaban J connectivity index is 2.12. The van der Waals surface area contributed by atoms with Crippen LogP contribution in [-0.2, 0) is 6.54 Å². The lowest BCUT2D eigenvalue weighted by molar-refractivity contribution is 0.921. The Bertz CT molecular complexity index is 518. The van der Waals surface area contributed by atoms with Crippen LogP contribution in [0.2, 0.25) is 15.2 Å². The van der Waals surface area contributed by atoms with Crippen molar-refractivity contribution >= 4 is 40.6 Å². The molecule has 2 heterocycles. The molecule has 0 bridgehead atoms. The maximum Gasteiger partial charge on any atom is 0.150 e. The van der Waals surface area contributed by atoms with Gasteiger partial charge in [-0.3, -0.25) is 0 Å². The van der Waals surface area contributed by atoms with Gasteiger partial charge in [-0.05, 0) is 18.2 Å². The number of nitrogens with one attached hydrogen (secondary N) is 1. The van der Waals surface area contributed by atoms with Gasteiger partial charge in [0.1, 0.15) is 11.0 Å². The Morgan fingerprint density at radius 3 is 2.71 bits per heavy atom. The van der Waals surface area contributed by atoms with Gasteiger partial charge in [-0.2, -0.15) is 10.2 Å². The van der Waals surface area contributed by atoms with Crippen molar-refractivity contribution in [3.63, 3.8) is 0 Å². The van der Waals surface area contributed by atoms with E-state index in [0.29, 0.717) is 22.4 Å². The molecule has 0 aliphatic rings. The van der Waals surface area contributed by atoms with E-state index in [1.165, 1.54) is 6.07 Å². The van der Waals surface area contributed by atoms with E-state index in [1.807, 2.05) is 6.07 Å². The molecule has 0 spiro atoms. The third-order valence-electron chi connectivity index (χ3n) is 1.95. The van der Waals surface area contributed by atoms with Crippen molar-refractivity contribution in [3.8, 4) is 0 Å². The van der Waals surface area contributed by atoms with Gasteiger partial charge in [-0.25, -0.2) is 4.98 Å². The number of rotatable bonds is 3. The lowest BCUT2D eigenvalue weighted by Crippen LogP contribution is -2.04. The molecule has 0 radical (unpaired) electrons. The molecule has 7 heteroatoms. The van der Waals surface area contributed by atoms with Crippen molar-refractivity contribution in [2.75, 3.05) is 5.32 Å². The number of anilines is 1. The van der Waals surface area contributed by atoms with Crippen molar-refractivity contribution in [1.29, 1.82) is 0 Å². The van der Waals surface area contributed by atoms with Gasteiger partial charge >= 0.3 is 0 Å². The van der Waals surface area contributed by atoms with Crippen molar-refractivity contribution in [3.05, 3.63) is 45.3 Å². The van der Waals surface area contributed by atoms with Crippen LogP contribution in [0.5, 0.6) is 0 Å². The predicted molar refractivity (Wildman–Crippen MR) is 68.6 cm³/mol. The summed E-state index contributed by atoms with van der Waals surface area (Å²) in [7, 11) is 0. The Morgan fingerprint density at radius 2 is 2.00 bits per heavy atom. The Labute approximate surface area is 113 Å². The SMILES string of the molecule is Clc1cc(Cl)c(NCc2cccnn2)nc1Cl. The summed E-state index contributed by atoms with van der Waals surface area (Å²) in [6, 6.07) is 5.18. The van der Waals surface area contributed by atoms with Crippen molar-refractivity contribution in [2.45, 2.75) is 6.54 Å². The third-order valence-corrected chi connectivity index (χ3v) is 2.91. The molecule has 88 valence electrons. The summed E-state index contributed by atoms with van der Waals surface area (Å²) in [4.78, 5) is 4.03. The minimum absolute atomic E-state index is 0.206. The zero-order chi connectivity index (χ0) is 12.3. The molecule has 0 saturated heterocycles. The van der Waals surface area contributed by atoms with Crippen molar-refractivity contribution in [2.24, 2.45) is 0 Å². The van der Waals surface area contributed by atoms with Crippen LogP contribution in [0, 0.1) is 0 Å². The molecular weight excluding hydrogens is 282 g/mol. The lowest BCUT2D eigenvalue weighted by Gasteiger charge is -2.07. The molecule has 0 amide bonds. The number of pyridine rings is 1. The summed E-state index contributed by atoms with van der Waals surface area (Å²) in [5.41, 5.74) is 0.774. The van der Waals surface area contributed by atoms with E-state index in [1.54, 1.807) is 12.3 Å². The van der Waals surface area contributed by atoms with E-state index in [4.69, 9.17) is 34.8 Å². The molecule has 0 unspecified atom stereocenters. The smallest absolute Gasteiger partial charge is 0.150 e. The zero-order valence-corrected chi connectivity index (χ0v) is 10.8. The number of halogens is 3. The monoisotopic (exact) mass is 288 g/mol. The fourth-order valence-electron chi connectivity index (χ4n) is 1.17. The Kier molecular flexibility index (Phi) is 3.99. The summed E-state index contributed by atoms with van der Waals surface area (Å²) in [5.74, 6) is 0.465. The first-order valence-corrected chi connectivity index (χ1v) is 5.82. The highest BCUT2D eigenvalue weighted by molar-refractivity contribution is 6.42. The van der Waals surface area contributed by atoms with E-state index >= 15 is 0 Å². The molecule has 4 nitrogen and oxygen atoms in total. The molecule has 2 aromatic rings. The van der Waals surface area contributed by atoms with Crippen LogP contribution in [0.15, 0.2) is 24.4 Å². The predicted octanol–water partition coefficient (Wildman–Crippen LogP) is 3.44.